The Morgan fingerprint density at radius 1 is 0.765 bits per heavy atom. The molecule has 0 amide bonds. The van der Waals surface area contributed by atoms with Gasteiger partial charge in [-0.15, -0.1) is 0 Å². The monoisotopic (exact) mass is 237 g/mol. The molecule has 1 heteroatoms. The van der Waals surface area contributed by atoms with Crippen LogP contribution in [0.5, 0.6) is 0 Å². The van der Waals surface area contributed by atoms with Crippen LogP contribution in [0.1, 0.15) is 79.1 Å². The van der Waals surface area contributed by atoms with Gasteiger partial charge in [0.2, 0.25) is 0 Å². The number of nitrogens with one attached hydrogen (secondary N) is 1. The van der Waals surface area contributed by atoms with E-state index < -0.39 is 0 Å². The van der Waals surface area contributed by atoms with Crippen LogP contribution in [-0.2, 0) is 0 Å². The van der Waals surface area contributed by atoms with E-state index in [1.165, 1.54) is 51.4 Å². The van der Waals surface area contributed by atoms with Gasteiger partial charge >= 0.3 is 0 Å². The van der Waals surface area contributed by atoms with Gasteiger partial charge < -0.3 is 5.32 Å². The Kier molecular flexibility index (Phi) is 3.87. The second kappa shape index (κ2) is 4.91. The van der Waals surface area contributed by atoms with Gasteiger partial charge in [0.1, 0.15) is 0 Å². The first-order chi connectivity index (χ1) is 8.18. The molecule has 2 aliphatic rings. The molecule has 1 saturated heterocycles. The van der Waals surface area contributed by atoms with E-state index in [4.69, 9.17) is 0 Å². The lowest BCUT2D eigenvalue weighted by molar-refractivity contribution is 0.158. The molecule has 17 heavy (non-hydrogen) atoms. The SMILES string of the molecule is CCC1(CC)NC(CC)(CC)C2CCCCC21. The Bertz CT molecular complexity index is 224. The summed E-state index contributed by atoms with van der Waals surface area (Å²) < 4.78 is 0. The zero-order valence-corrected chi connectivity index (χ0v) is 12.3. The molecule has 0 spiro atoms. The maximum absolute atomic E-state index is 4.16. The first-order valence-corrected chi connectivity index (χ1v) is 7.97. The minimum atomic E-state index is 0.455. The summed E-state index contributed by atoms with van der Waals surface area (Å²) in [5, 5.41) is 4.16. The molecule has 1 N–H and O–H groups in total. The van der Waals surface area contributed by atoms with E-state index in [-0.39, 0.29) is 0 Å². The van der Waals surface area contributed by atoms with Crippen molar-refractivity contribution in [1.29, 1.82) is 0 Å². The fraction of sp³-hybridized carbons (Fsp3) is 1.00. The maximum atomic E-state index is 4.16. The normalized spacial score (nSPS) is 34.6. The molecule has 2 atom stereocenters. The van der Waals surface area contributed by atoms with Crippen LogP contribution in [0.15, 0.2) is 0 Å². The highest BCUT2D eigenvalue weighted by atomic mass is 15.1. The van der Waals surface area contributed by atoms with Crippen molar-refractivity contribution in [2.75, 3.05) is 0 Å². The molecule has 1 aliphatic carbocycles. The van der Waals surface area contributed by atoms with E-state index in [1.807, 2.05) is 0 Å². The summed E-state index contributed by atoms with van der Waals surface area (Å²) in [6, 6.07) is 0. The van der Waals surface area contributed by atoms with Gasteiger partial charge in [0.25, 0.3) is 0 Å². The summed E-state index contributed by atoms with van der Waals surface area (Å²) in [7, 11) is 0. The summed E-state index contributed by atoms with van der Waals surface area (Å²) in [5.41, 5.74) is 0.911. The molecule has 0 aromatic carbocycles. The number of hydrogen-bond donors (Lipinski definition) is 1. The van der Waals surface area contributed by atoms with Gasteiger partial charge in [-0.1, -0.05) is 40.5 Å². The van der Waals surface area contributed by atoms with Gasteiger partial charge in [-0.3, -0.25) is 0 Å². The summed E-state index contributed by atoms with van der Waals surface area (Å²) in [5.74, 6) is 1.90. The van der Waals surface area contributed by atoms with Crippen LogP contribution < -0.4 is 5.32 Å². The maximum Gasteiger partial charge on any atom is 0.0213 e. The average molecular weight is 237 g/mol. The minimum Gasteiger partial charge on any atom is -0.305 e. The Labute approximate surface area is 108 Å². The van der Waals surface area contributed by atoms with Gasteiger partial charge in [-0.2, -0.15) is 0 Å². The van der Waals surface area contributed by atoms with Crippen LogP contribution in [-0.4, -0.2) is 11.1 Å². The molecular weight excluding hydrogens is 206 g/mol. The third kappa shape index (κ3) is 1.85. The molecular formula is C16H31N. The third-order valence-corrected chi connectivity index (χ3v) is 6.21. The fourth-order valence-corrected chi connectivity index (χ4v) is 5.04. The second-order valence-electron chi connectivity index (χ2n) is 6.35. The van der Waals surface area contributed by atoms with Crippen molar-refractivity contribution in [2.45, 2.75) is 90.1 Å². The van der Waals surface area contributed by atoms with Gasteiger partial charge in [0, 0.05) is 11.1 Å². The summed E-state index contributed by atoms with van der Waals surface area (Å²) in [6.45, 7) is 9.57. The summed E-state index contributed by atoms with van der Waals surface area (Å²) in [6.07, 6.45) is 11.1. The molecule has 0 bridgehead atoms. The van der Waals surface area contributed by atoms with Crippen LogP contribution in [0.4, 0.5) is 0 Å². The Morgan fingerprint density at radius 3 is 1.41 bits per heavy atom. The quantitative estimate of drug-likeness (QED) is 0.758. The number of hydrogen-bond acceptors (Lipinski definition) is 1. The molecule has 1 nitrogen and oxygen atoms in total. The minimum absolute atomic E-state index is 0.455. The summed E-state index contributed by atoms with van der Waals surface area (Å²) >= 11 is 0. The average Bonchev–Trinajstić information content (AvgIpc) is 2.71. The Hall–Kier alpha value is -0.0400. The molecule has 2 fully saturated rings. The van der Waals surface area contributed by atoms with E-state index in [1.54, 1.807) is 0 Å². The van der Waals surface area contributed by atoms with Crippen molar-refractivity contribution < 1.29 is 0 Å². The molecule has 100 valence electrons. The van der Waals surface area contributed by atoms with E-state index >= 15 is 0 Å². The van der Waals surface area contributed by atoms with Crippen LogP contribution in [0.2, 0.25) is 0 Å². The van der Waals surface area contributed by atoms with E-state index in [0.29, 0.717) is 11.1 Å². The highest BCUT2D eigenvalue weighted by molar-refractivity contribution is 5.14. The van der Waals surface area contributed by atoms with Crippen LogP contribution in [0.25, 0.3) is 0 Å². The third-order valence-electron chi connectivity index (χ3n) is 6.21. The second-order valence-corrected chi connectivity index (χ2v) is 6.35. The number of rotatable bonds is 4. The van der Waals surface area contributed by atoms with Crippen molar-refractivity contribution in [3.63, 3.8) is 0 Å². The van der Waals surface area contributed by atoms with Crippen molar-refractivity contribution in [3.8, 4) is 0 Å². The fourth-order valence-electron chi connectivity index (χ4n) is 5.04. The highest BCUT2D eigenvalue weighted by Gasteiger charge is 2.57. The van der Waals surface area contributed by atoms with Crippen molar-refractivity contribution >= 4 is 0 Å². The van der Waals surface area contributed by atoms with Crippen molar-refractivity contribution in [1.82, 2.24) is 5.32 Å². The first kappa shape index (κ1) is 13.4. The standard InChI is InChI=1S/C16H31N/c1-5-15(6-2)13-11-9-10-12-14(13)16(7-3,8-4)17-15/h13-14,17H,5-12H2,1-4H3. The van der Waals surface area contributed by atoms with Crippen LogP contribution in [0.3, 0.4) is 0 Å². The molecule has 0 radical (unpaired) electrons. The van der Waals surface area contributed by atoms with Crippen molar-refractivity contribution in [2.24, 2.45) is 11.8 Å². The van der Waals surface area contributed by atoms with Gasteiger partial charge in [0.15, 0.2) is 0 Å². The highest BCUT2D eigenvalue weighted by Crippen LogP contribution is 2.53. The predicted octanol–water partition coefficient (Wildman–Crippen LogP) is 4.51. The molecule has 1 heterocycles. The molecule has 1 aliphatic heterocycles. The number of fused-ring (bicyclic) bond motifs is 1. The lowest BCUT2D eigenvalue weighted by Crippen LogP contribution is -2.51. The summed E-state index contributed by atoms with van der Waals surface area (Å²) in [4.78, 5) is 0. The topological polar surface area (TPSA) is 12.0 Å². The lowest BCUT2D eigenvalue weighted by Gasteiger charge is -2.38. The van der Waals surface area contributed by atoms with E-state index in [0.717, 1.165) is 11.8 Å². The molecule has 1 saturated carbocycles. The zero-order valence-electron chi connectivity index (χ0n) is 12.3. The van der Waals surface area contributed by atoms with E-state index in [2.05, 4.69) is 33.0 Å². The zero-order chi connectivity index (χ0) is 12.5. The molecule has 2 rings (SSSR count). The molecule has 2 unspecified atom stereocenters. The van der Waals surface area contributed by atoms with Gasteiger partial charge in [0.05, 0.1) is 0 Å². The first-order valence-electron chi connectivity index (χ1n) is 7.97. The smallest absolute Gasteiger partial charge is 0.0213 e. The van der Waals surface area contributed by atoms with Gasteiger partial charge in [-0.25, -0.2) is 0 Å². The Balaban J connectivity index is 2.34. The molecule has 0 aromatic heterocycles. The van der Waals surface area contributed by atoms with E-state index in [9.17, 15) is 0 Å². The molecule has 0 aromatic rings. The van der Waals surface area contributed by atoms with Gasteiger partial charge in [-0.05, 0) is 50.4 Å². The van der Waals surface area contributed by atoms with Crippen LogP contribution in [0, 0.1) is 11.8 Å². The predicted molar refractivity (Wildman–Crippen MR) is 75.2 cm³/mol. The van der Waals surface area contributed by atoms with Crippen LogP contribution >= 0.6 is 0 Å². The van der Waals surface area contributed by atoms with Crippen molar-refractivity contribution in [3.05, 3.63) is 0 Å². The largest absolute Gasteiger partial charge is 0.305 e. The lowest BCUT2D eigenvalue weighted by atomic mass is 9.65. The Morgan fingerprint density at radius 2 is 1.12 bits per heavy atom.